The summed E-state index contributed by atoms with van der Waals surface area (Å²) in [7, 11) is 0. The van der Waals surface area contributed by atoms with E-state index >= 15 is 0 Å². The van der Waals surface area contributed by atoms with Gasteiger partial charge in [-0.15, -0.1) is 0 Å². The topological polar surface area (TPSA) is 88.3 Å². The molecule has 1 aromatic heterocycles. The van der Waals surface area contributed by atoms with Crippen molar-refractivity contribution in [3.05, 3.63) is 28.4 Å². The van der Waals surface area contributed by atoms with Crippen LogP contribution in [0.3, 0.4) is 0 Å². The molecule has 0 aliphatic heterocycles. The molecular weight excluding hydrogens is 222 g/mol. The molecule has 6 nitrogen and oxygen atoms in total. The number of aliphatic hydroxyl groups is 1. The van der Waals surface area contributed by atoms with Crippen LogP contribution in [-0.2, 0) is 0 Å². The second kappa shape index (κ2) is 5.09. The van der Waals surface area contributed by atoms with Crippen molar-refractivity contribution in [2.45, 2.75) is 37.8 Å². The summed E-state index contributed by atoms with van der Waals surface area (Å²) in [5.41, 5.74) is 0.0401. The minimum absolute atomic E-state index is 0.0401. The highest BCUT2D eigenvalue weighted by Crippen LogP contribution is 2.22. The molecule has 0 spiro atoms. The van der Waals surface area contributed by atoms with E-state index in [4.69, 9.17) is 0 Å². The molecule has 1 saturated carbocycles. The minimum Gasteiger partial charge on any atom is -0.393 e. The Balaban J connectivity index is 1.98. The lowest BCUT2D eigenvalue weighted by atomic mass is 9.93. The minimum atomic E-state index is -0.433. The van der Waals surface area contributed by atoms with E-state index in [2.05, 4.69) is 10.3 Å². The van der Waals surface area contributed by atoms with E-state index in [1.54, 1.807) is 0 Å². The summed E-state index contributed by atoms with van der Waals surface area (Å²) in [6.07, 6.45) is 4.50. The van der Waals surface area contributed by atoms with Crippen LogP contribution in [0.2, 0.25) is 0 Å². The zero-order valence-electron chi connectivity index (χ0n) is 9.37. The lowest BCUT2D eigenvalue weighted by molar-refractivity contribution is -0.384. The smallest absolute Gasteiger partial charge is 0.274 e. The van der Waals surface area contributed by atoms with Crippen LogP contribution in [-0.4, -0.2) is 27.2 Å². The first-order chi connectivity index (χ1) is 8.15. The zero-order chi connectivity index (χ0) is 12.3. The van der Waals surface area contributed by atoms with Crippen LogP contribution in [0.4, 0.5) is 11.5 Å². The number of hydrogen-bond donors (Lipinski definition) is 2. The Hall–Kier alpha value is -1.69. The van der Waals surface area contributed by atoms with Crippen molar-refractivity contribution in [1.82, 2.24) is 4.98 Å². The maximum absolute atomic E-state index is 10.6. The Morgan fingerprint density at radius 2 is 2.12 bits per heavy atom. The van der Waals surface area contributed by atoms with Gasteiger partial charge in [-0.25, -0.2) is 4.98 Å². The van der Waals surface area contributed by atoms with E-state index < -0.39 is 4.92 Å². The van der Waals surface area contributed by atoms with Gasteiger partial charge in [-0.2, -0.15) is 0 Å². The number of nitrogens with zero attached hydrogens (tertiary/aromatic N) is 2. The average molecular weight is 237 g/mol. The molecule has 0 atom stereocenters. The fourth-order valence-corrected chi connectivity index (χ4v) is 2.04. The van der Waals surface area contributed by atoms with E-state index in [1.807, 2.05) is 0 Å². The van der Waals surface area contributed by atoms with Crippen LogP contribution in [0, 0.1) is 10.1 Å². The number of aliphatic hydroxyl groups excluding tert-OH is 1. The molecule has 1 aliphatic carbocycles. The lowest BCUT2D eigenvalue weighted by Gasteiger charge is -2.26. The van der Waals surface area contributed by atoms with Gasteiger partial charge in [-0.1, -0.05) is 0 Å². The monoisotopic (exact) mass is 237 g/mol. The Morgan fingerprint density at radius 1 is 1.41 bits per heavy atom. The molecule has 1 aromatic rings. The third-order valence-electron chi connectivity index (χ3n) is 3.00. The van der Waals surface area contributed by atoms with Gasteiger partial charge in [0.05, 0.1) is 17.1 Å². The molecule has 0 amide bonds. The zero-order valence-corrected chi connectivity index (χ0v) is 9.37. The van der Waals surface area contributed by atoms with Gasteiger partial charge in [0.2, 0.25) is 0 Å². The van der Waals surface area contributed by atoms with Crippen molar-refractivity contribution < 1.29 is 10.0 Å². The Bertz CT molecular complexity index is 403. The quantitative estimate of drug-likeness (QED) is 0.617. The first kappa shape index (κ1) is 11.8. The summed E-state index contributed by atoms with van der Waals surface area (Å²) >= 11 is 0. The summed E-state index contributed by atoms with van der Waals surface area (Å²) < 4.78 is 0. The van der Waals surface area contributed by atoms with Crippen molar-refractivity contribution >= 4 is 11.5 Å². The summed E-state index contributed by atoms with van der Waals surface area (Å²) in [5.74, 6) is 0.528. The van der Waals surface area contributed by atoms with E-state index in [0.717, 1.165) is 25.7 Å². The molecule has 2 N–H and O–H groups in total. The lowest BCUT2D eigenvalue weighted by Crippen LogP contribution is -2.28. The van der Waals surface area contributed by atoms with Gasteiger partial charge in [0.15, 0.2) is 0 Å². The molecule has 0 saturated heterocycles. The van der Waals surface area contributed by atoms with Gasteiger partial charge >= 0.3 is 0 Å². The van der Waals surface area contributed by atoms with Gasteiger partial charge in [-0.3, -0.25) is 10.1 Å². The summed E-state index contributed by atoms with van der Waals surface area (Å²) in [4.78, 5) is 14.2. The summed E-state index contributed by atoms with van der Waals surface area (Å²) in [6.45, 7) is 0. The normalized spacial score (nSPS) is 24.3. The largest absolute Gasteiger partial charge is 0.393 e. The van der Waals surface area contributed by atoms with E-state index in [1.165, 1.54) is 18.3 Å². The Morgan fingerprint density at radius 3 is 2.76 bits per heavy atom. The first-order valence-corrected chi connectivity index (χ1v) is 5.70. The SMILES string of the molecule is O=[N+]([O-])c1ccnc(NC2CCC(O)CC2)c1. The Labute approximate surface area is 98.8 Å². The van der Waals surface area contributed by atoms with E-state index in [9.17, 15) is 15.2 Å². The second-order valence-electron chi connectivity index (χ2n) is 4.31. The molecule has 0 bridgehead atoms. The molecule has 6 heteroatoms. The van der Waals surface area contributed by atoms with E-state index in [-0.39, 0.29) is 17.8 Å². The van der Waals surface area contributed by atoms with Crippen molar-refractivity contribution in [3.63, 3.8) is 0 Å². The second-order valence-corrected chi connectivity index (χ2v) is 4.31. The molecule has 2 rings (SSSR count). The average Bonchev–Trinajstić information content (AvgIpc) is 2.32. The standard InChI is InChI=1S/C11H15N3O3/c15-10-3-1-8(2-4-10)13-11-7-9(14(16)17)5-6-12-11/h5-8,10,15H,1-4H2,(H,12,13). The van der Waals surface area contributed by atoms with Crippen molar-refractivity contribution in [2.24, 2.45) is 0 Å². The van der Waals surface area contributed by atoms with Crippen LogP contribution < -0.4 is 5.32 Å². The van der Waals surface area contributed by atoms with E-state index in [0.29, 0.717) is 5.82 Å². The molecule has 1 heterocycles. The van der Waals surface area contributed by atoms with Gasteiger partial charge in [0.1, 0.15) is 5.82 Å². The number of hydrogen-bond acceptors (Lipinski definition) is 5. The molecule has 0 aromatic carbocycles. The third-order valence-corrected chi connectivity index (χ3v) is 3.00. The summed E-state index contributed by atoms with van der Waals surface area (Å²) in [6, 6.07) is 3.05. The van der Waals surface area contributed by atoms with Crippen molar-refractivity contribution in [3.8, 4) is 0 Å². The number of anilines is 1. The van der Waals surface area contributed by atoms with Crippen LogP contribution in [0.15, 0.2) is 18.3 Å². The van der Waals surface area contributed by atoms with Crippen LogP contribution in [0.5, 0.6) is 0 Å². The van der Waals surface area contributed by atoms with Gasteiger partial charge in [-0.05, 0) is 25.7 Å². The molecule has 1 fully saturated rings. The van der Waals surface area contributed by atoms with Crippen molar-refractivity contribution in [1.29, 1.82) is 0 Å². The predicted octanol–water partition coefficient (Wildman–Crippen LogP) is 1.71. The fourth-order valence-electron chi connectivity index (χ4n) is 2.04. The van der Waals surface area contributed by atoms with Crippen LogP contribution in [0.25, 0.3) is 0 Å². The molecule has 1 aliphatic rings. The number of nitro groups is 1. The maximum Gasteiger partial charge on any atom is 0.274 e. The highest BCUT2D eigenvalue weighted by Gasteiger charge is 2.19. The summed E-state index contributed by atoms with van der Waals surface area (Å²) in [5, 5.41) is 23.2. The fraction of sp³-hybridized carbons (Fsp3) is 0.545. The molecular formula is C11H15N3O3. The third kappa shape index (κ3) is 3.13. The Kier molecular flexibility index (Phi) is 3.53. The highest BCUT2D eigenvalue weighted by molar-refractivity contribution is 5.44. The highest BCUT2D eigenvalue weighted by atomic mass is 16.6. The number of aromatic nitrogens is 1. The van der Waals surface area contributed by atoms with Gasteiger partial charge in [0.25, 0.3) is 5.69 Å². The van der Waals surface area contributed by atoms with Crippen LogP contribution >= 0.6 is 0 Å². The number of pyridine rings is 1. The molecule has 92 valence electrons. The van der Waals surface area contributed by atoms with Gasteiger partial charge in [0, 0.05) is 18.3 Å². The molecule has 0 radical (unpaired) electrons. The number of nitrogens with one attached hydrogen (secondary N) is 1. The van der Waals surface area contributed by atoms with Gasteiger partial charge < -0.3 is 10.4 Å². The molecule has 17 heavy (non-hydrogen) atoms. The maximum atomic E-state index is 10.6. The first-order valence-electron chi connectivity index (χ1n) is 5.70. The number of rotatable bonds is 3. The van der Waals surface area contributed by atoms with Crippen molar-refractivity contribution in [2.75, 3.05) is 5.32 Å². The predicted molar refractivity (Wildman–Crippen MR) is 62.8 cm³/mol. The van der Waals surface area contributed by atoms with Crippen LogP contribution in [0.1, 0.15) is 25.7 Å². The molecule has 0 unspecified atom stereocenters.